The van der Waals surface area contributed by atoms with Crippen molar-refractivity contribution >= 4 is 45.2 Å². The van der Waals surface area contributed by atoms with Crippen molar-refractivity contribution in [2.24, 2.45) is 5.92 Å². The van der Waals surface area contributed by atoms with Gasteiger partial charge in [0.2, 0.25) is 5.91 Å². The molecule has 1 amide bonds. The summed E-state index contributed by atoms with van der Waals surface area (Å²) < 4.78 is 4.96. The first-order valence-corrected chi connectivity index (χ1v) is 8.80. The maximum absolute atomic E-state index is 12.1. The van der Waals surface area contributed by atoms with Gasteiger partial charge >= 0.3 is 5.97 Å². The highest BCUT2D eigenvalue weighted by atomic mass is 32.2. The van der Waals surface area contributed by atoms with Gasteiger partial charge in [-0.2, -0.15) is 0 Å². The Labute approximate surface area is 137 Å². The van der Waals surface area contributed by atoms with Crippen LogP contribution >= 0.6 is 23.1 Å². The van der Waals surface area contributed by atoms with Gasteiger partial charge in [0.05, 0.1) is 6.61 Å². The molecule has 0 aromatic carbocycles. The average Bonchev–Trinajstić information content (AvgIpc) is 3.00. The molecule has 0 saturated carbocycles. The molecule has 8 heteroatoms. The Morgan fingerprint density at radius 2 is 2.23 bits per heavy atom. The Morgan fingerprint density at radius 3 is 2.86 bits per heavy atom. The maximum atomic E-state index is 12.1. The van der Waals surface area contributed by atoms with Crippen LogP contribution < -0.4 is 4.90 Å². The largest absolute Gasteiger partial charge is 0.461 e. The molecular weight excluding hydrogens is 324 g/mol. The third-order valence-electron chi connectivity index (χ3n) is 3.21. The molecule has 0 aliphatic carbocycles. The fourth-order valence-corrected chi connectivity index (χ4v) is 3.82. The van der Waals surface area contributed by atoms with Gasteiger partial charge in [-0.15, -0.1) is 11.3 Å². The molecule has 120 valence electrons. The van der Waals surface area contributed by atoms with E-state index in [1.165, 1.54) is 30.0 Å². The molecule has 22 heavy (non-hydrogen) atoms. The lowest BCUT2D eigenvalue weighted by Crippen LogP contribution is -2.24. The van der Waals surface area contributed by atoms with Gasteiger partial charge < -0.3 is 4.74 Å². The van der Waals surface area contributed by atoms with Crippen molar-refractivity contribution < 1.29 is 19.1 Å². The number of rotatable bonds is 5. The fraction of sp³-hybridized carbons (Fsp3) is 0.571. The number of carbonyl (C=O) groups is 3. The van der Waals surface area contributed by atoms with Gasteiger partial charge in [0.25, 0.3) is 0 Å². The Balaban J connectivity index is 2.09. The number of thiazole rings is 1. The van der Waals surface area contributed by atoms with Crippen molar-refractivity contribution in [1.29, 1.82) is 0 Å². The summed E-state index contributed by atoms with van der Waals surface area (Å²) in [4.78, 5) is 41.6. The summed E-state index contributed by atoms with van der Waals surface area (Å²) in [5.41, 5.74) is 0.274. The molecule has 1 unspecified atom stereocenters. The van der Waals surface area contributed by atoms with Crippen LogP contribution in [-0.2, 0) is 14.3 Å². The SMILES string of the molecule is CCOC(=O)c1nc(N2CC(CSC(C)=O)CC2=O)sc1C. The van der Waals surface area contributed by atoms with E-state index in [2.05, 4.69) is 4.98 Å². The minimum atomic E-state index is -0.460. The molecule has 1 aliphatic heterocycles. The lowest BCUT2D eigenvalue weighted by atomic mass is 10.1. The Bertz CT molecular complexity index is 600. The minimum absolute atomic E-state index is 0.0155. The third-order valence-corrected chi connectivity index (χ3v) is 5.25. The van der Waals surface area contributed by atoms with Crippen LogP contribution in [0.4, 0.5) is 5.13 Å². The molecule has 1 atom stereocenters. The summed E-state index contributed by atoms with van der Waals surface area (Å²) in [5, 5.41) is 0.585. The lowest BCUT2D eigenvalue weighted by molar-refractivity contribution is -0.117. The van der Waals surface area contributed by atoms with E-state index in [1.807, 2.05) is 0 Å². The standard InChI is InChI=1S/C14H18N2O4S2/c1-4-20-13(19)12-8(2)22-14(15-12)16-6-10(5-11(16)18)7-21-9(3)17/h10H,4-7H2,1-3H3. The number of carbonyl (C=O) groups excluding carboxylic acids is 3. The van der Waals surface area contributed by atoms with Crippen molar-refractivity contribution in [1.82, 2.24) is 4.98 Å². The van der Waals surface area contributed by atoms with Crippen LogP contribution in [0.25, 0.3) is 0 Å². The van der Waals surface area contributed by atoms with Gasteiger partial charge in [0.15, 0.2) is 15.9 Å². The maximum Gasteiger partial charge on any atom is 0.358 e. The lowest BCUT2D eigenvalue weighted by Gasteiger charge is -2.12. The normalized spacial score (nSPS) is 17.9. The molecular formula is C14H18N2O4S2. The highest BCUT2D eigenvalue weighted by Crippen LogP contribution is 2.32. The Kier molecular flexibility index (Phi) is 5.57. The van der Waals surface area contributed by atoms with Gasteiger partial charge in [-0.25, -0.2) is 9.78 Å². The van der Waals surface area contributed by atoms with E-state index < -0.39 is 5.97 Å². The summed E-state index contributed by atoms with van der Waals surface area (Å²) in [5.74, 6) is 0.292. The first-order chi connectivity index (χ1) is 10.4. The summed E-state index contributed by atoms with van der Waals surface area (Å²) >= 11 is 2.55. The monoisotopic (exact) mass is 342 g/mol. The molecule has 1 fully saturated rings. The Hall–Kier alpha value is -1.41. The van der Waals surface area contributed by atoms with Crippen molar-refractivity contribution in [3.05, 3.63) is 10.6 Å². The van der Waals surface area contributed by atoms with Gasteiger partial charge in [-0.1, -0.05) is 11.8 Å². The van der Waals surface area contributed by atoms with Crippen LogP contribution in [0.2, 0.25) is 0 Å². The number of anilines is 1. The highest BCUT2D eigenvalue weighted by Gasteiger charge is 2.33. The molecule has 2 rings (SSSR count). The third kappa shape index (κ3) is 3.86. The van der Waals surface area contributed by atoms with Crippen LogP contribution in [0.3, 0.4) is 0 Å². The number of nitrogens with zero attached hydrogens (tertiary/aromatic N) is 2. The number of hydrogen-bond acceptors (Lipinski definition) is 7. The number of aromatic nitrogens is 1. The average molecular weight is 342 g/mol. The molecule has 2 heterocycles. The van der Waals surface area contributed by atoms with Crippen LogP contribution in [0, 0.1) is 12.8 Å². The van der Waals surface area contributed by atoms with E-state index in [1.54, 1.807) is 18.7 Å². The van der Waals surface area contributed by atoms with Crippen molar-refractivity contribution in [2.75, 3.05) is 23.8 Å². The quantitative estimate of drug-likeness (QED) is 0.764. The topological polar surface area (TPSA) is 76.6 Å². The predicted octanol–water partition coefficient (Wildman–Crippen LogP) is 2.26. The zero-order valence-corrected chi connectivity index (χ0v) is 14.4. The molecule has 0 N–H and O–H groups in total. The molecule has 6 nitrogen and oxygen atoms in total. The van der Waals surface area contributed by atoms with Crippen LogP contribution in [0.5, 0.6) is 0 Å². The molecule has 0 radical (unpaired) electrons. The van der Waals surface area contributed by atoms with Gasteiger partial charge in [-0.05, 0) is 19.8 Å². The van der Waals surface area contributed by atoms with Gasteiger partial charge in [0, 0.05) is 30.5 Å². The van der Waals surface area contributed by atoms with E-state index in [9.17, 15) is 14.4 Å². The summed E-state index contributed by atoms with van der Waals surface area (Å²) in [7, 11) is 0. The number of amides is 1. The molecule has 0 bridgehead atoms. The molecule has 0 spiro atoms. The summed E-state index contributed by atoms with van der Waals surface area (Å²) in [6, 6.07) is 0. The number of thioether (sulfide) groups is 1. The second kappa shape index (κ2) is 7.23. The zero-order chi connectivity index (χ0) is 16.3. The second-order valence-electron chi connectivity index (χ2n) is 5.00. The van der Waals surface area contributed by atoms with Crippen molar-refractivity contribution in [3.63, 3.8) is 0 Å². The second-order valence-corrected chi connectivity index (χ2v) is 7.38. The van der Waals surface area contributed by atoms with Crippen LogP contribution in [0.15, 0.2) is 0 Å². The van der Waals surface area contributed by atoms with Crippen molar-refractivity contribution in [3.8, 4) is 0 Å². The van der Waals surface area contributed by atoms with Crippen LogP contribution in [0.1, 0.15) is 35.6 Å². The van der Waals surface area contributed by atoms with Gasteiger partial charge in [0.1, 0.15) is 0 Å². The predicted molar refractivity (Wildman–Crippen MR) is 86.4 cm³/mol. The Morgan fingerprint density at radius 1 is 1.50 bits per heavy atom. The van der Waals surface area contributed by atoms with E-state index in [0.717, 1.165) is 4.88 Å². The van der Waals surface area contributed by atoms with E-state index in [4.69, 9.17) is 4.74 Å². The zero-order valence-electron chi connectivity index (χ0n) is 12.7. The van der Waals surface area contributed by atoms with E-state index >= 15 is 0 Å². The molecule has 1 saturated heterocycles. The summed E-state index contributed by atoms with van der Waals surface area (Å²) in [6.45, 7) is 5.88. The van der Waals surface area contributed by atoms with E-state index in [-0.39, 0.29) is 29.2 Å². The molecule has 1 aromatic rings. The minimum Gasteiger partial charge on any atom is -0.461 e. The summed E-state index contributed by atoms with van der Waals surface area (Å²) in [6.07, 6.45) is 0.410. The number of ether oxygens (including phenoxy) is 1. The smallest absolute Gasteiger partial charge is 0.358 e. The van der Waals surface area contributed by atoms with Crippen molar-refractivity contribution in [2.45, 2.75) is 27.2 Å². The fourth-order valence-electron chi connectivity index (χ4n) is 2.20. The molecule has 1 aliphatic rings. The highest BCUT2D eigenvalue weighted by molar-refractivity contribution is 8.13. The first-order valence-electron chi connectivity index (χ1n) is 7.00. The molecule has 1 aromatic heterocycles. The number of aryl methyl sites for hydroxylation is 1. The number of hydrogen-bond donors (Lipinski definition) is 0. The van der Waals surface area contributed by atoms with E-state index in [0.29, 0.717) is 23.8 Å². The van der Waals surface area contributed by atoms with Gasteiger partial charge in [-0.3, -0.25) is 14.5 Å². The van der Waals surface area contributed by atoms with Crippen LogP contribution in [-0.4, -0.2) is 40.9 Å². The number of esters is 1. The first kappa shape index (κ1) is 17.0.